The van der Waals surface area contributed by atoms with E-state index < -0.39 is 0 Å². The first-order chi connectivity index (χ1) is 10.2. The Bertz CT molecular complexity index is 627. The summed E-state index contributed by atoms with van der Waals surface area (Å²) in [5.41, 5.74) is 3.67. The third-order valence-electron chi connectivity index (χ3n) is 6.44. The summed E-state index contributed by atoms with van der Waals surface area (Å²) >= 11 is 0. The van der Waals surface area contributed by atoms with Crippen LogP contribution in [0.5, 0.6) is 5.75 Å². The van der Waals surface area contributed by atoms with Crippen molar-refractivity contribution in [1.82, 2.24) is 0 Å². The van der Waals surface area contributed by atoms with Gasteiger partial charge in [-0.05, 0) is 59.3 Å². The minimum Gasteiger partial charge on any atom is -0.508 e. The number of phenolic OH excluding ortho intramolecular Hbond substituents is 1. The van der Waals surface area contributed by atoms with Crippen molar-refractivity contribution < 1.29 is 9.90 Å². The van der Waals surface area contributed by atoms with Crippen LogP contribution in [0, 0.1) is 11.3 Å². The van der Waals surface area contributed by atoms with E-state index in [0.717, 1.165) is 24.8 Å². The summed E-state index contributed by atoms with van der Waals surface area (Å²) in [6, 6.07) is 3.99. The normalized spacial score (nSPS) is 30.1. The van der Waals surface area contributed by atoms with Crippen molar-refractivity contribution in [3.05, 3.63) is 28.8 Å². The maximum Gasteiger partial charge on any atom is 0.138 e. The molecule has 3 rings (SSSR count). The number of carbonyl (C=O) groups excluding carboxylic acids is 1. The van der Waals surface area contributed by atoms with Crippen molar-refractivity contribution in [3.8, 4) is 5.75 Å². The van der Waals surface area contributed by atoms with Crippen LogP contribution in [0.3, 0.4) is 0 Å². The van der Waals surface area contributed by atoms with Gasteiger partial charge in [-0.2, -0.15) is 0 Å². The first-order valence-electron chi connectivity index (χ1n) is 8.58. The maximum absolute atomic E-state index is 12.4. The molecule has 0 aliphatic heterocycles. The van der Waals surface area contributed by atoms with Gasteiger partial charge >= 0.3 is 0 Å². The van der Waals surface area contributed by atoms with Crippen LogP contribution in [0.25, 0.3) is 0 Å². The predicted molar refractivity (Wildman–Crippen MR) is 89.4 cm³/mol. The summed E-state index contributed by atoms with van der Waals surface area (Å²) in [5, 5.41) is 10.3. The van der Waals surface area contributed by atoms with Gasteiger partial charge in [0.15, 0.2) is 0 Å². The van der Waals surface area contributed by atoms with Gasteiger partial charge in [0.05, 0.1) is 0 Å². The fraction of sp³-hybridized carbons (Fsp3) is 0.650. The molecule has 120 valence electrons. The zero-order chi connectivity index (χ0) is 16.3. The first-order valence-corrected chi connectivity index (χ1v) is 8.58. The van der Waals surface area contributed by atoms with E-state index in [1.54, 1.807) is 0 Å². The quantitative estimate of drug-likeness (QED) is 0.814. The second-order valence-electron chi connectivity index (χ2n) is 8.33. The fourth-order valence-electron chi connectivity index (χ4n) is 5.25. The Labute approximate surface area is 133 Å². The highest BCUT2D eigenvalue weighted by atomic mass is 16.3. The third kappa shape index (κ3) is 1.96. The smallest absolute Gasteiger partial charge is 0.138 e. The van der Waals surface area contributed by atoms with Crippen LogP contribution in [0.2, 0.25) is 0 Å². The van der Waals surface area contributed by atoms with Crippen LogP contribution in [0.4, 0.5) is 0 Å². The van der Waals surface area contributed by atoms with Gasteiger partial charge in [0.25, 0.3) is 0 Å². The van der Waals surface area contributed by atoms with Gasteiger partial charge in [-0.25, -0.2) is 0 Å². The summed E-state index contributed by atoms with van der Waals surface area (Å²) in [7, 11) is 0. The van der Waals surface area contributed by atoms with Gasteiger partial charge in [0, 0.05) is 11.8 Å². The summed E-state index contributed by atoms with van der Waals surface area (Å²) < 4.78 is 0. The monoisotopic (exact) mass is 300 g/mol. The van der Waals surface area contributed by atoms with Gasteiger partial charge in [0.1, 0.15) is 11.5 Å². The maximum atomic E-state index is 12.4. The molecule has 2 nitrogen and oxygen atoms in total. The van der Waals surface area contributed by atoms with Gasteiger partial charge in [-0.1, -0.05) is 40.7 Å². The highest BCUT2D eigenvalue weighted by Crippen LogP contribution is 2.57. The summed E-state index contributed by atoms with van der Waals surface area (Å²) in [6.45, 7) is 10.9. The molecule has 2 atom stereocenters. The molecule has 2 aliphatic rings. The SMILES string of the molecule is CC(C)c1c(O)ccc2c1CC[C@H]1C(C)(C)C(=O)CC[C@]21C. The van der Waals surface area contributed by atoms with Crippen molar-refractivity contribution in [2.75, 3.05) is 0 Å². The number of ketones is 1. The lowest BCUT2D eigenvalue weighted by Gasteiger charge is -2.53. The van der Waals surface area contributed by atoms with Gasteiger partial charge in [-0.15, -0.1) is 0 Å². The highest BCUT2D eigenvalue weighted by molar-refractivity contribution is 5.86. The Morgan fingerprint density at radius 1 is 1.18 bits per heavy atom. The van der Waals surface area contributed by atoms with E-state index in [0.29, 0.717) is 29.8 Å². The molecule has 0 amide bonds. The number of benzene rings is 1. The molecule has 1 N–H and O–H groups in total. The lowest BCUT2D eigenvalue weighted by molar-refractivity contribution is -0.137. The van der Waals surface area contributed by atoms with Crippen molar-refractivity contribution in [2.24, 2.45) is 11.3 Å². The van der Waals surface area contributed by atoms with E-state index >= 15 is 0 Å². The molecule has 0 bridgehead atoms. The lowest BCUT2D eigenvalue weighted by atomic mass is 9.49. The molecule has 0 saturated heterocycles. The van der Waals surface area contributed by atoms with Crippen molar-refractivity contribution in [2.45, 2.75) is 71.6 Å². The van der Waals surface area contributed by atoms with Crippen LogP contribution in [0.15, 0.2) is 12.1 Å². The highest BCUT2D eigenvalue weighted by Gasteiger charge is 2.53. The fourth-order valence-corrected chi connectivity index (χ4v) is 5.25. The summed E-state index contributed by atoms with van der Waals surface area (Å²) in [6.07, 6.45) is 3.65. The number of hydrogen-bond acceptors (Lipinski definition) is 2. The number of rotatable bonds is 1. The molecule has 2 aliphatic carbocycles. The average molecular weight is 300 g/mol. The van der Waals surface area contributed by atoms with E-state index in [-0.39, 0.29) is 10.8 Å². The number of aromatic hydroxyl groups is 1. The van der Waals surface area contributed by atoms with Gasteiger partial charge < -0.3 is 5.11 Å². The number of phenols is 1. The van der Waals surface area contributed by atoms with Crippen LogP contribution in [-0.2, 0) is 16.6 Å². The largest absolute Gasteiger partial charge is 0.508 e. The van der Waals surface area contributed by atoms with Crippen LogP contribution in [-0.4, -0.2) is 10.9 Å². The molecular formula is C20H28O2. The second-order valence-corrected chi connectivity index (χ2v) is 8.33. The molecular weight excluding hydrogens is 272 g/mol. The molecule has 0 unspecified atom stereocenters. The average Bonchev–Trinajstić information content (AvgIpc) is 2.42. The number of Topliss-reactive ketones (excluding diaryl/α,β-unsaturated/α-hetero) is 1. The number of hydrogen-bond donors (Lipinski definition) is 1. The number of carbonyl (C=O) groups is 1. The first kappa shape index (κ1) is 15.6. The summed E-state index contributed by atoms with van der Waals surface area (Å²) in [4.78, 5) is 12.4. The lowest BCUT2D eigenvalue weighted by Crippen LogP contribution is -2.52. The topological polar surface area (TPSA) is 37.3 Å². The van der Waals surface area contributed by atoms with E-state index in [1.165, 1.54) is 11.1 Å². The predicted octanol–water partition coefficient (Wildman–Crippen LogP) is 4.72. The molecule has 1 aromatic rings. The molecule has 2 heteroatoms. The van der Waals surface area contributed by atoms with E-state index in [2.05, 4.69) is 40.7 Å². The van der Waals surface area contributed by atoms with Crippen LogP contribution >= 0.6 is 0 Å². The van der Waals surface area contributed by atoms with E-state index in [9.17, 15) is 9.90 Å². The molecule has 1 aromatic carbocycles. The van der Waals surface area contributed by atoms with Gasteiger partial charge in [-0.3, -0.25) is 4.79 Å². The Balaban J connectivity index is 2.18. The molecule has 22 heavy (non-hydrogen) atoms. The molecule has 1 fully saturated rings. The number of fused-ring (bicyclic) bond motifs is 3. The molecule has 0 radical (unpaired) electrons. The molecule has 1 saturated carbocycles. The Kier molecular flexibility index (Phi) is 3.43. The Morgan fingerprint density at radius 2 is 1.86 bits per heavy atom. The summed E-state index contributed by atoms with van der Waals surface area (Å²) in [5.74, 6) is 1.58. The molecule has 0 spiro atoms. The Morgan fingerprint density at radius 3 is 2.50 bits per heavy atom. The van der Waals surface area contributed by atoms with E-state index in [1.807, 2.05) is 6.07 Å². The zero-order valence-corrected chi connectivity index (χ0v) is 14.5. The molecule has 0 heterocycles. The van der Waals surface area contributed by atoms with Crippen LogP contribution < -0.4 is 0 Å². The van der Waals surface area contributed by atoms with Crippen LogP contribution in [0.1, 0.15) is 76.5 Å². The van der Waals surface area contributed by atoms with Gasteiger partial charge in [0.2, 0.25) is 0 Å². The zero-order valence-electron chi connectivity index (χ0n) is 14.5. The van der Waals surface area contributed by atoms with Crippen molar-refractivity contribution in [3.63, 3.8) is 0 Å². The molecule has 0 aromatic heterocycles. The van der Waals surface area contributed by atoms with E-state index in [4.69, 9.17) is 0 Å². The minimum atomic E-state index is -0.236. The Hall–Kier alpha value is -1.31. The van der Waals surface area contributed by atoms with Crippen molar-refractivity contribution >= 4 is 5.78 Å². The minimum absolute atomic E-state index is 0.0579. The second kappa shape index (κ2) is 4.84. The standard InChI is InChI=1S/C20H28O2/c1-12(2)18-13-6-9-16-19(3,4)17(22)10-11-20(16,5)14(13)7-8-15(18)21/h7-8,12,16,21H,6,9-11H2,1-5H3/t16-,20+/m0/s1. The van der Waals surface area contributed by atoms with Crippen molar-refractivity contribution in [1.29, 1.82) is 0 Å². The third-order valence-corrected chi connectivity index (χ3v) is 6.44.